The van der Waals surface area contributed by atoms with Gasteiger partial charge in [0.2, 0.25) is 0 Å². The lowest BCUT2D eigenvalue weighted by molar-refractivity contribution is 0.793. The van der Waals surface area contributed by atoms with Crippen LogP contribution in [-0.2, 0) is 6.42 Å². The van der Waals surface area contributed by atoms with Crippen LogP contribution < -0.4 is 5.73 Å². The van der Waals surface area contributed by atoms with Gasteiger partial charge in [-0.1, -0.05) is 37.6 Å². The zero-order valence-corrected chi connectivity index (χ0v) is 12.9. The van der Waals surface area contributed by atoms with Gasteiger partial charge in [-0.15, -0.1) is 11.3 Å². The fourth-order valence-electron chi connectivity index (χ4n) is 1.95. The standard InChI is InChI=1S/C15H18BrNS/c1-2-3-4-11-5-7-12(8-6-11)15(17)13-9-14(16)18-10-13/h5-10,15H,2-4,17H2,1H3. The summed E-state index contributed by atoms with van der Waals surface area (Å²) < 4.78 is 1.13. The van der Waals surface area contributed by atoms with E-state index < -0.39 is 0 Å². The van der Waals surface area contributed by atoms with Crippen LogP contribution in [0.25, 0.3) is 0 Å². The average molecular weight is 324 g/mol. The maximum absolute atomic E-state index is 6.27. The van der Waals surface area contributed by atoms with Crippen LogP contribution in [-0.4, -0.2) is 0 Å². The fourth-order valence-corrected chi connectivity index (χ4v) is 3.16. The number of thiophene rings is 1. The summed E-state index contributed by atoms with van der Waals surface area (Å²) >= 11 is 5.15. The van der Waals surface area contributed by atoms with Crippen molar-refractivity contribution in [2.75, 3.05) is 0 Å². The van der Waals surface area contributed by atoms with E-state index >= 15 is 0 Å². The summed E-state index contributed by atoms with van der Waals surface area (Å²) in [6.07, 6.45) is 3.66. The quantitative estimate of drug-likeness (QED) is 0.831. The molecule has 2 aromatic rings. The molecular formula is C15H18BrNS. The number of hydrogen-bond acceptors (Lipinski definition) is 2. The van der Waals surface area contributed by atoms with E-state index in [9.17, 15) is 0 Å². The average Bonchev–Trinajstić information content (AvgIpc) is 2.83. The molecule has 1 nitrogen and oxygen atoms in total. The van der Waals surface area contributed by atoms with Gasteiger partial charge in [-0.05, 0) is 56.9 Å². The summed E-state index contributed by atoms with van der Waals surface area (Å²) in [4.78, 5) is 0. The minimum absolute atomic E-state index is 0.0206. The van der Waals surface area contributed by atoms with E-state index in [1.165, 1.54) is 29.5 Å². The van der Waals surface area contributed by atoms with Gasteiger partial charge < -0.3 is 5.73 Å². The number of aryl methyl sites for hydroxylation is 1. The van der Waals surface area contributed by atoms with Crippen LogP contribution in [0.1, 0.15) is 42.5 Å². The maximum Gasteiger partial charge on any atom is 0.0701 e. The molecule has 0 saturated heterocycles. The van der Waals surface area contributed by atoms with Crippen LogP contribution in [0.4, 0.5) is 0 Å². The third-order valence-corrected chi connectivity index (χ3v) is 4.63. The lowest BCUT2D eigenvalue weighted by Gasteiger charge is -2.11. The normalized spacial score (nSPS) is 12.6. The van der Waals surface area contributed by atoms with Crippen molar-refractivity contribution >= 4 is 27.3 Å². The molecule has 2 rings (SSSR count). The second-order valence-corrected chi connectivity index (χ2v) is 6.80. The zero-order valence-electron chi connectivity index (χ0n) is 10.5. The smallest absolute Gasteiger partial charge is 0.0701 e. The summed E-state index contributed by atoms with van der Waals surface area (Å²) in [6.45, 7) is 2.22. The van der Waals surface area contributed by atoms with Crippen LogP contribution >= 0.6 is 27.3 Å². The monoisotopic (exact) mass is 323 g/mol. The van der Waals surface area contributed by atoms with E-state index in [1.807, 2.05) is 0 Å². The van der Waals surface area contributed by atoms with Crippen molar-refractivity contribution in [3.05, 3.63) is 56.2 Å². The predicted molar refractivity (Wildman–Crippen MR) is 83.1 cm³/mol. The molecule has 0 radical (unpaired) electrons. The molecule has 0 saturated carbocycles. The highest BCUT2D eigenvalue weighted by Gasteiger charge is 2.10. The molecule has 1 unspecified atom stereocenters. The van der Waals surface area contributed by atoms with Gasteiger partial charge in [0.05, 0.1) is 9.83 Å². The zero-order chi connectivity index (χ0) is 13.0. The Kier molecular flexibility index (Phi) is 4.98. The molecule has 0 bridgehead atoms. The van der Waals surface area contributed by atoms with Gasteiger partial charge in [-0.2, -0.15) is 0 Å². The van der Waals surface area contributed by atoms with Crippen LogP contribution in [0.15, 0.2) is 39.5 Å². The van der Waals surface area contributed by atoms with Gasteiger partial charge >= 0.3 is 0 Å². The molecule has 2 N–H and O–H groups in total. The Morgan fingerprint density at radius 2 is 1.94 bits per heavy atom. The molecule has 1 aromatic heterocycles. The largest absolute Gasteiger partial charge is 0.320 e. The first kappa shape index (κ1) is 13.8. The summed E-state index contributed by atoms with van der Waals surface area (Å²) in [7, 11) is 0. The van der Waals surface area contributed by atoms with E-state index in [0.29, 0.717) is 0 Å². The minimum Gasteiger partial charge on any atom is -0.320 e. The van der Waals surface area contributed by atoms with Crippen molar-refractivity contribution in [2.24, 2.45) is 5.73 Å². The Labute approximate surface area is 121 Å². The topological polar surface area (TPSA) is 26.0 Å². The molecule has 3 heteroatoms. The molecule has 0 aliphatic carbocycles. The Morgan fingerprint density at radius 1 is 1.22 bits per heavy atom. The molecular weight excluding hydrogens is 306 g/mol. The lowest BCUT2D eigenvalue weighted by Crippen LogP contribution is -2.10. The molecule has 1 aromatic carbocycles. The van der Waals surface area contributed by atoms with Gasteiger partial charge in [-0.3, -0.25) is 0 Å². The van der Waals surface area contributed by atoms with Gasteiger partial charge in [-0.25, -0.2) is 0 Å². The van der Waals surface area contributed by atoms with Crippen molar-refractivity contribution in [1.82, 2.24) is 0 Å². The summed E-state index contributed by atoms with van der Waals surface area (Å²) in [6, 6.07) is 10.8. The predicted octanol–water partition coefficient (Wildman–Crippen LogP) is 4.90. The molecule has 18 heavy (non-hydrogen) atoms. The molecule has 1 heterocycles. The molecule has 96 valence electrons. The Balaban J connectivity index is 2.09. The van der Waals surface area contributed by atoms with E-state index in [2.05, 4.69) is 58.6 Å². The number of unbranched alkanes of at least 4 members (excludes halogenated alkanes) is 1. The molecule has 0 aliphatic heterocycles. The van der Waals surface area contributed by atoms with Crippen LogP contribution in [0.5, 0.6) is 0 Å². The summed E-state index contributed by atoms with van der Waals surface area (Å²) in [5.74, 6) is 0. The fraction of sp³-hybridized carbons (Fsp3) is 0.333. The van der Waals surface area contributed by atoms with Gasteiger partial charge in [0.1, 0.15) is 0 Å². The molecule has 0 amide bonds. The van der Waals surface area contributed by atoms with E-state index in [0.717, 1.165) is 10.2 Å². The van der Waals surface area contributed by atoms with Crippen LogP contribution in [0, 0.1) is 0 Å². The van der Waals surface area contributed by atoms with Crippen molar-refractivity contribution in [1.29, 1.82) is 0 Å². The molecule has 1 atom stereocenters. The Morgan fingerprint density at radius 3 is 2.50 bits per heavy atom. The highest BCUT2D eigenvalue weighted by Crippen LogP contribution is 2.28. The third kappa shape index (κ3) is 3.44. The number of halogens is 1. The summed E-state index contributed by atoms with van der Waals surface area (Å²) in [5.41, 5.74) is 10.0. The minimum atomic E-state index is -0.0206. The number of benzene rings is 1. The molecule has 0 fully saturated rings. The van der Waals surface area contributed by atoms with Gasteiger partial charge in [0, 0.05) is 0 Å². The highest BCUT2D eigenvalue weighted by molar-refractivity contribution is 9.11. The van der Waals surface area contributed by atoms with Gasteiger partial charge in [0.25, 0.3) is 0 Å². The lowest BCUT2D eigenvalue weighted by atomic mass is 9.99. The van der Waals surface area contributed by atoms with Crippen molar-refractivity contribution in [2.45, 2.75) is 32.2 Å². The Bertz CT molecular complexity index is 489. The first-order chi connectivity index (χ1) is 8.70. The second-order valence-electron chi connectivity index (χ2n) is 4.51. The first-order valence-corrected chi connectivity index (χ1v) is 7.96. The number of nitrogens with two attached hydrogens (primary N) is 1. The van der Waals surface area contributed by atoms with E-state index in [4.69, 9.17) is 5.73 Å². The Hall–Kier alpha value is -0.640. The van der Waals surface area contributed by atoms with E-state index in [1.54, 1.807) is 11.3 Å². The SMILES string of the molecule is CCCCc1ccc(C(N)c2csc(Br)c2)cc1. The highest BCUT2D eigenvalue weighted by atomic mass is 79.9. The van der Waals surface area contributed by atoms with Crippen molar-refractivity contribution in [3.63, 3.8) is 0 Å². The number of hydrogen-bond donors (Lipinski definition) is 1. The van der Waals surface area contributed by atoms with Crippen LogP contribution in [0.2, 0.25) is 0 Å². The first-order valence-electron chi connectivity index (χ1n) is 6.29. The second kappa shape index (κ2) is 6.50. The maximum atomic E-state index is 6.27. The summed E-state index contributed by atoms with van der Waals surface area (Å²) in [5, 5.41) is 2.11. The number of rotatable bonds is 5. The molecule has 0 spiro atoms. The van der Waals surface area contributed by atoms with Gasteiger partial charge in [0.15, 0.2) is 0 Å². The van der Waals surface area contributed by atoms with Crippen molar-refractivity contribution in [3.8, 4) is 0 Å². The van der Waals surface area contributed by atoms with Crippen LogP contribution in [0.3, 0.4) is 0 Å². The third-order valence-electron chi connectivity index (χ3n) is 3.10. The molecule has 0 aliphatic rings. The van der Waals surface area contributed by atoms with E-state index in [-0.39, 0.29) is 6.04 Å². The van der Waals surface area contributed by atoms with Crippen molar-refractivity contribution < 1.29 is 0 Å².